The molecule has 0 bridgehead atoms. The lowest BCUT2D eigenvalue weighted by Gasteiger charge is -2.12. The molecule has 0 spiro atoms. The zero-order valence-electron chi connectivity index (χ0n) is 14.0. The molecule has 0 heterocycles. The molecule has 1 N–H and O–H groups in total. The Bertz CT molecular complexity index is 725. The van der Waals surface area contributed by atoms with E-state index >= 15 is 0 Å². The summed E-state index contributed by atoms with van der Waals surface area (Å²) in [5, 5.41) is 2.88. The van der Waals surface area contributed by atoms with Crippen molar-refractivity contribution in [2.45, 2.75) is 11.3 Å². The highest BCUT2D eigenvalue weighted by Crippen LogP contribution is 2.33. The van der Waals surface area contributed by atoms with Gasteiger partial charge < -0.3 is 14.8 Å². The maximum atomic E-state index is 12.8. The molecular formula is C18H19BrFNO3S. The van der Waals surface area contributed by atoms with Crippen LogP contribution in [0, 0.1) is 5.82 Å². The minimum atomic E-state index is -0.283. The zero-order chi connectivity index (χ0) is 18.2. The van der Waals surface area contributed by atoms with Crippen molar-refractivity contribution in [3.63, 3.8) is 0 Å². The molecule has 0 aliphatic carbocycles. The summed E-state index contributed by atoms with van der Waals surface area (Å²) < 4.78 is 24.3. The molecule has 0 saturated heterocycles. The first-order valence-corrected chi connectivity index (χ1v) is 9.36. The predicted molar refractivity (Wildman–Crippen MR) is 101 cm³/mol. The first-order valence-electron chi connectivity index (χ1n) is 7.59. The topological polar surface area (TPSA) is 47.6 Å². The van der Waals surface area contributed by atoms with Gasteiger partial charge >= 0.3 is 0 Å². The summed E-state index contributed by atoms with van der Waals surface area (Å²) in [6, 6.07) is 9.83. The van der Waals surface area contributed by atoms with Crippen LogP contribution in [0.1, 0.15) is 5.56 Å². The second-order valence-electron chi connectivity index (χ2n) is 5.14. The number of thioether (sulfide) groups is 1. The van der Waals surface area contributed by atoms with E-state index in [-0.39, 0.29) is 11.7 Å². The summed E-state index contributed by atoms with van der Waals surface area (Å²) in [7, 11) is 3.17. The van der Waals surface area contributed by atoms with E-state index in [1.54, 1.807) is 26.4 Å². The number of halogens is 2. The number of methoxy groups -OCH3 is 2. The van der Waals surface area contributed by atoms with Gasteiger partial charge in [0.25, 0.3) is 0 Å². The zero-order valence-corrected chi connectivity index (χ0v) is 16.4. The molecular weight excluding hydrogens is 409 g/mol. The number of hydrogen-bond acceptors (Lipinski definition) is 4. The van der Waals surface area contributed by atoms with E-state index in [0.717, 1.165) is 14.9 Å². The van der Waals surface area contributed by atoms with Crippen molar-refractivity contribution in [3.05, 3.63) is 52.3 Å². The second kappa shape index (κ2) is 9.68. The molecule has 2 rings (SSSR count). The summed E-state index contributed by atoms with van der Waals surface area (Å²) in [6.07, 6.45) is 0.661. The third kappa shape index (κ3) is 5.93. The normalized spacial score (nSPS) is 10.4. The number of rotatable bonds is 8. The molecule has 7 heteroatoms. The maximum Gasteiger partial charge on any atom is 0.230 e. The molecule has 0 fully saturated rings. The van der Waals surface area contributed by atoms with Crippen LogP contribution in [-0.4, -0.2) is 32.4 Å². The van der Waals surface area contributed by atoms with Crippen LogP contribution in [0.5, 0.6) is 11.5 Å². The van der Waals surface area contributed by atoms with Crippen LogP contribution in [0.4, 0.5) is 4.39 Å². The molecule has 0 unspecified atom stereocenters. The lowest BCUT2D eigenvalue weighted by atomic mass is 10.1. The van der Waals surface area contributed by atoms with E-state index in [1.807, 2.05) is 12.1 Å². The van der Waals surface area contributed by atoms with Gasteiger partial charge in [0.1, 0.15) is 5.82 Å². The van der Waals surface area contributed by atoms with Gasteiger partial charge in [-0.1, -0.05) is 15.9 Å². The summed E-state index contributed by atoms with van der Waals surface area (Å²) in [6.45, 7) is 0.511. The first-order chi connectivity index (χ1) is 12.0. The SMILES string of the molecule is COc1cc(Br)c(CCNC(=O)CSc2ccc(F)cc2)cc1OC. The van der Waals surface area contributed by atoms with Crippen LogP contribution in [-0.2, 0) is 11.2 Å². The quantitative estimate of drug-likeness (QED) is 0.645. The fourth-order valence-electron chi connectivity index (χ4n) is 2.16. The average molecular weight is 428 g/mol. The Morgan fingerprint density at radius 3 is 2.44 bits per heavy atom. The fourth-order valence-corrected chi connectivity index (χ4v) is 3.40. The average Bonchev–Trinajstić information content (AvgIpc) is 2.62. The molecule has 25 heavy (non-hydrogen) atoms. The number of amides is 1. The smallest absolute Gasteiger partial charge is 0.230 e. The van der Waals surface area contributed by atoms with Crippen LogP contribution < -0.4 is 14.8 Å². The number of benzene rings is 2. The number of carbonyl (C=O) groups excluding carboxylic acids is 1. The molecule has 0 radical (unpaired) electrons. The highest BCUT2D eigenvalue weighted by molar-refractivity contribution is 9.10. The van der Waals surface area contributed by atoms with Crippen LogP contribution in [0.3, 0.4) is 0 Å². The Morgan fingerprint density at radius 1 is 1.16 bits per heavy atom. The molecule has 4 nitrogen and oxygen atoms in total. The van der Waals surface area contributed by atoms with Gasteiger partial charge in [-0.3, -0.25) is 4.79 Å². The molecule has 0 aliphatic rings. The summed E-state index contributed by atoms with van der Waals surface area (Å²) in [4.78, 5) is 12.8. The fraction of sp³-hybridized carbons (Fsp3) is 0.278. The van der Waals surface area contributed by atoms with Gasteiger partial charge in [0, 0.05) is 15.9 Å². The van der Waals surface area contributed by atoms with Crippen LogP contribution in [0.15, 0.2) is 45.8 Å². The Balaban J connectivity index is 1.81. The van der Waals surface area contributed by atoms with E-state index in [1.165, 1.54) is 23.9 Å². The van der Waals surface area contributed by atoms with E-state index < -0.39 is 0 Å². The maximum absolute atomic E-state index is 12.8. The van der Waals surface area contributed by atoms with Crippen LogP contribution in [0.25, 0.3) is 0 Å². The van der Waals surface area contributed by atoms with Crippen molar-refractivity contribution in [1.29, 1.82) is 0 Å². The molecule has 2 aromatic rings. The summed E-state index contributed by atoms with van der Waals surface area (Å²) in [5.74, 6) is 1.25. The van der Waals surface area contributed by atoms with Gasteiger partial charge in [-0.2, -0.15) is 0 Å². The van der Waals surface area contributed by atoms with Crippen LogP contribution >= 0.6 is 27.7 Å². The Kier molecular flexibility index (Phi) is 7.58. The van der Waals surface area contributed by atoms with E-state index in [4.69, 9.17) is 9.47 Å². The number of hydrogen-bond donors (Lipinski definition) is 1. The van der Waals surface area contributed by atoms with Gasteiger partial charge in [-0.05, 0) is 48.4 Å². The summed E-state index contributed by atoms with van der Waals surface area (Å²) >= 11 is 4.88. The monoisotopic (exact) mass is 427 g/mol. The first kappa shape index (κ1) is 19.6. The third-order valence-corrected chi connectivity index (χ3v) is 5.20. The van der Waals surface area contributed by atoms with Crippen molar-refractivity contribution in [2.24, 2.45) is 0 Å². The van der Waals surface area contributed by atoms with Crippen molar-refractivity contribution < 1.29 is 18.7 Å². The third-order valence-electron chi connectivity index (χ3n) is 3.45. The van der Waals surface area contributed by atoms with E-state index in [9.17, 15) is 9.18 Å². The Morgan fingerprint density at radius 2 is 1.80 bits per heavy atom. The second-order valence-corrected chi connectivity index (χ2v) is 7.04. The van der Waals surface area contributed by atoms with Gasteiger partial charge in [0.15, 0.2) is 11.5 Å². The van der Waals surface area contributed by atoms with E-state index in [0.29, 0.717) is 30.2 Å². The van der Waals surface area contributed by atoms with Crippen LogP contribution in [0.2, 0.25) is 0 Å². The van der Waals surface area contributed by atoms with Crippen molar-refractivity contribution in [1.82, 2.24) is 5.32 Å². The number of nitrogens with one attached hydrogen (secondary N) is 1. The Labute approximate surface area is 159 Å². The highest BCUT2D eigenvalue weighted by atomic mass is 79.9. The molecule has 134 valence electrons. The Hall–Kier alpha value is -1.73. The lowest BCUT2D eigenvalue weighted by molar-refractivity contribution is -0.118. The predicted octanol–water partition coefficient (Wildman–Crippen LogP) is 4.06. The van der Waals surface area contributed by atoms with Crippen molar-refractivity contribution >= 4 is 33.6 Å². The molecule has 0 saturated carbocycles. The standard InChI is InChI=1S/C18H19BrFNO3S/c1-23-16-9-12(15(19)10-17(16)24-2)7-8-21-18(22)11-25-14-5-3-13(20)4-6-14/h3-6,9-10H,7-8,11H2,1-2H3,(H,21,22). The van der Waals surface area contributed by atoms with Crippen molar-refractivity contribution in [2.75, 3.05) is 26.5 Å². The van der Waals surface area contributed by atoms with E-state index in [2.05, 4.69) is 21.2 Å². The van der Waals surface area contributed by atoms with Gasteiger partial charge in [0.2, 0.25) is 5.91 Å². The highest BCUT2D eigenvalue weighted by Gasteiger charge is 2.10. The molecule has 1 amide bonds. The summed E-state index contributed by atoms with van der Waals surface area (Å²) in [5.41, 5.74) is 1.02. The molecule has 0 atom stereocenters. The lowest BCUT2D eigenvalue weighted by Crippen LogP contribution is -2.27. The minimum absolute atomic E-state index is 0.0640. The molecule has 2 aromatic carbocycles. The number of ether oxygens (including phenoxy) is 2. The number of carbonyl (C=O) groups is 1. The van der Waals surface area contributed by atoms with Gasteiger partial charge in [-0.15, -0.1) is 11.8 Å². The van der Waals surface area contributed by atoms with Gasteiger partial charge in [-0.25, -0.2) is 4.39 Å². The van der Waals surface area contributed by atoms with Crippen molar-refractivity contribution in [3.8, 4) is 11.5 Å². The van der Waals surface area contributed by atoms with Gasteiger partial charge in [0.05, 0.1) is 20.0 Å². The molecule has 0 aromatic heterocycles. The largest absolute Gasteiger partial charge is 0.493 e. The molecule has 0 aliphatic heterocycles. The minimum Gasteiger partial charge on any atom is -0.493 e.